The van der Waals surface area contributed by atoms with Crippen LogP contribution in [0.3, 0.4) is 0 Å². The molecular weight excluding hydrogens is 461 g/mol. The van der Waals surface area contributed by atoms with Gasteiger partial charge in [0.15, 0.2) is 5.96 Å². The average Bonchev–Trinajstić information content (AvgIpc) is 3.11. The molecule has 0 unspecified atom stereocenters. The molecule has 0 aliphatic heterocycles. The van der Waals surface area contributed by atoms with Gasteiger partial charge in [-0.25, -0.2) is 0 Å². The summed E-state index contributed by atoms with van der Waals surface area (Å²) in [5, 5.41) is 6.63. The molecule has 0 aliphatic carbocycles. The van der Waals surface area contributed by atoms with Crippen molar-refractivity contribution in [2.75, 3.05) is 27.8 Å². The Morgan fingerprint density at radius 1 is 1.08 bits per heavy atom. The van der Waals surface area contributed by atoms with Crippen LogP contribution in [0.15, 0.2) is 41.4 Å². The molecule has 0 saturated carbocycles. The molecule has 0 fully saturated rings. The van der Waals surface area contributed by atoms with E-state index in [1.165, 1.54) is 15.3 Å². The SMILES string of the molecule is CN=C(NCc1ccc(-c2ccc(OC)cc2)s1)NCC(C)(C)OC.I. The quantitative estimate of drug-likeness (QED) is 0.349. The van der Waals surface area contributed by atoms with Gasteiger partial charge in [0.1, 0.15) is 5.75 Å². The monoisotopic (exact) mass is 489 g/mol. The molecule has 26 heavy (non-hydrogen) atoms. The summed E-state index contributed by atoms with van der Waals surface area (Å²) in [5.41, 5.74) is 0.962. The first-order valence-electron chi connectivity index (χ1n) is 8.20. The number of hydrogen-bond acceptors (Lipinski definition) is 4. The van der Waals surface area contributed by atoms with E-state index in [1.54, 1.807) is 32.6 Å². The number of ether oxygens (including phenoxy) is 2. The van der Waals surface area contributed by atoms with Gasteiger partial charge in [0.05, 0.1) is 19.3 Å². The van der Waals surface area contributed by atoms with Gasteiger partial charge in [0.2, 0.25) is 0 Å². The Balaban J connectivity index is 0.00000338. The predicted molar refractivity (Wildman–Crippen MR) is 121 cm³/mol. The molecule has 2 rings (SSSR count). The molecule has 1 aromatic carbocycles. The summed E-state index contributed by atoms with van der Waals surface area (Å²) >= 11 is 1.77. The lowest BCUT2D eigenvalue weighted by Crippen LogP contribution is -2.44. The van der Waals surface area contributed by atoms with Gasteiger partial charge in [0.25, 0.3) is 0 Å². The zero-order chi connectivity index (χ0) is 18.3. The van der Waals surface area contributed by atoms with E-state index in [0.29, 0.717) is 6.54 Å². The van der Waals surface area contributed by atoms with Crippen LogP contribution in [0, 0.1) is 0 Å². The lowest BCUT2D eigenvalue weighted by atomic mass is 10.1. The van der Waals surface area contributed by atoms with Crippen molar-refractivity contribution in [3.8, 4) is 16.2 Å². The van der Waals surface area contributed by atoms with E-state index in [9.17, 15) is 0 Å². The molecule has 144 valence electrons. The van der Waals surface area contributed by atoms with E-state index in [4.69, 9.17) is 9.47 Å². The van der Waals surface area contributed by atoms with Gasteiger partial charge < -0.3 is 20.1 Å². The molecule has 0 spiro atoms. The van der Waals surface area contributed by atoms with Crippen molar-refractivity contribution in [1.82, 2.24) is 10.6 Å². The molecule has 5 nitrogen and oxygen atoms in total. The van der Waals surface area contributed by atoms with Crippen molar-refractivity contribution in [1.29, 1.82) is 0 Å². The highest BCUT2D eigenvalue weighted by Gasteiger charge is 2.16. The van der Waals surface area contributed by atoms with Crippen molar-refractivity contribution < 1.29 is 9.47 Å². The number of rotatable bonds is 7. The van der Waals surface area contributed by atoms with Gasteiger partial charge in [0, 0.05) is 30.5 Å². The molecule has 0 aliphatic rings. The molecule has 2 aromatic rings. The second kappa shape index (κ2) is 10.7. The van der Waals surface area contributed by atoms with Gasteiger partial charge >= 0.3 is 0 Å². The van der Waals surface area contributed by atoms with E-state index in [0.717, 1.165) is 18.3 Å². The van der Waals surface area contributed by atoms with Crippen LogP contribution in [-0.4, -0.2) is 39.4 Å². The van der Waals surface area contributed by atoms with Gasteiger partial charge in [-0.3, -0.25) is 4.99 Å². The number of benzene rings is 1. The van der Waals surface area contributed by atoms with Crippen molar-refractivity contribution in [2.24, 2.45) is 4.99 Å². The van der Waals surface area contributed by atoms with Gasteiger partial charge in [-0.1, -0.05) is 0 Å². The number of guanidine groups is 1. The van der Waals surface area contributed by atoms with Crippen LogP contribution in [0.4, 0.5) is 0 Å². The Morgan fingerprint density at radius 2 is 1.77 bits per heavy atom. The first kappa shape index (κ1) is 22.7. The number of aliphatic imine (C=N–C) groups is 1. The van der Waals surface area contributed by atoms with Crippen molar-refractivity contribution in [3.05, 3.63) is 41.3 Å². The summed E-state index contributed by atoms with van der Waals surface area (Å²) in [6.07, 6.45) is 0. The molecule has 0 radical (unpaired) electrons. The predicted octanol–water partition coefficient (Wildman–Crippen LogP) is 4.13. The minimum atomic E-state index is -0.234. The Labute approximate surface area is 177 Å². The fourth-order valence-electron chi connectivity index (χ4n) is 2.14. The summed E-state index contributed by atoms with van der Waals surface area (Å²) in [6.45, 7) is 5.49. The number of methoxy groups -OCH3 is 2. The highest BCUT2D eigenvalue weighted by molar-refractivity contribution is 14.0. The zero-order valence-electron chi connectivity index (χ0n) is 16.0. The summed E-state index contributed by atoms with van der Waals surface area (Å²) in [5.74, 6) is 1.64. The third-order valence-electron chi connectivity index (χ3n) is 3.92. The Morgan fingerprint density at radius 3 is 2.35 bits per heavy atom. The van der Waals surface area contributed by atoms with Gasteiger partial charge in [-0.05, 0) is 55.8 Å². The molecule has 0 amide bonds. The fraction of sp³-hybridized carbons (Fsp3) is 0.421. The van der Waals surface area contributed by atoms with E-state index in [2.05, 4.69) is 39.9 Å². The third kappa shape index (κ3) is 6.77. The second-order valence-corrected chi connectivity index (χ2v) is 7.41. The highest BCUT2D eigenvalue weighted by Crippen LogP contribution is 2.29. The summed E-state index contributed by atoms with van der Waals surface area (Å²) in [6, 6.07) is 12.4. The maximum Gasteiger partial charge on any atom is 0.191 e. The van der Waals surface area contributed by atoms with Crippen molar-refractivity contribution in [2.45, 2.75) is 26.0 Å². The molecule has 0 saturated heterocycles. The van der Waals surface area contributed by atoms with E-state index in [-0.39, 0.29) is 29.6 Å². The Hall–Kier alpha value is -1.32. The van der Waals surface area contributed by atoms with E-state index >= 15 is 0 Å². The topological polar surface area (TPSA) is 54.9 Å². The average molecular weight is 489 g/mol. The zero-order valence-corrected chi connectivity index (χ0v) is 19.1. The van der Waals surface area contributed by atoms with Crippen LogP contribution >= 0.6 is 35.3 Å². The van der Waals surface area contributed by atoms with Crippen LogP contribution in [0.25, 0.3) is 10.4 Å². The lowest BCUT2D eigenvalue weighted by Gasteiger charge is -2.24. The third-order valence-corrected chi connectivity index (χ3v) is 5.06. The first-order chi connectivity index (χ1) is 12.0. The summed E-state index contributed by atoms with van der Waals surface area (Å²) < 4.78 is 10.6. The van der Waals surface area contributed by atoms with E-state index < -0.39 is 0 Å². The Kier molecular flexibility index (Phi) is 9.38. The van der Waals surface area contributed by atoms with Gasteiger partial charge in [-0.2, -0.15) is 0 Å². The molecule has 1 aromatic heterocycles. The molecule has 0 bridgehead atoms. The van der Waals surface area contributed by atoms with E-state index in [1.807, 2.05) is 26.0 Å². The first-order valence-corrected chi connectivity index (χ1v) is 9.02. The highest BCUT2D eigenvalue weighted by atomic mass is 127. The number of nitrogens with zero attached hydrogens (tertiary/aromatic N) is 1. The van der Waals surface area contributed by atoms with Crippen LogP contribution in [0.2, 0.25) is 0 Å². The number of hydrogen-bond donors (Lipinski definition) is 2. The second-order valence-electron chi connectivity index (χ2n) is 6.24. The van der Waals surface area contributed by atoms with Crippen LogP contribution < -0.4 is 15.4 Å². The number of thiophene rings is 1. The standard InChI is InChI=1S/C19H27N3O2S.HI/c1-19(2,24-5)13-22-18(20-3)21-12-16-10-11-17(25-16)14-6-8-15(23-4)9-7-14;/h6-11H,12-13H2,1-5H3,(H2,20,21,22);1H. The van der Waals surface area contributed by atoms with Crippen molar-refractivity contribution >= 4 is 41.3 Å². The normalized spacial score (nSPS) is 11.7. The van der Waals surface area contributed by atoms with Crippen LogP contribution in [0.5, 0.6) is 5.75 Å². The summed E-state index contributed by atoms with van der Waals surface area (Å²) in [7, 11) is 5.16. The number of halogens is 1. The minimum Gasteiger partial charge on any atom is -0.497 e. The van der Waals surface area contributed by atoms with Gasteiger partial charge in [-0.15, -0.1) is 35.3 Å². The largest absolute Gasteiger partial charge is 0.497 e. The molecule has 2 N–H and O–H groups in total. The molecule has 1 heterocycles. The smallest absolute Gasteiger partial charge is 0.191 e. The Bertz CT molecular complexity index is 699. The molecule has 7 heteroatoms. The fourth-order valence-corrected chi connectivity index (χ4v) is 3.10. The van der Waals surface area contributed by atoms with Crippen molar-refractivity contribution in [3.63, 3.8) is 0 Å². The minimum absolute atomic E-state index is 0. The number of nitrogens with one attached hydrogen (secondary N) is 2. The maximum atomic E-state index is 5.41. The lowest BCUT2D eigenvalue weighted by molar-refractivity contribution is 0.0268. The summed E-state index contributed by atoms with van der Waals surface area (Å²) in [4.78, 5) is 6.74. The molecular formula is C19H28IN3O2S. The van der Waals surface area contributed by atoms with Crippen LogP contribution in [-0.2, 0) is 11.3 Å². The molecule has 0 atom stereocenters. The van der Waals surface area contributed by atoms with Crippen LogP contribution in [0.1, 0.15) is 18.7 Å². The maximum absolute atomic E-state index is 5.41.